The lowest BCUT2D eigenvalue weighted by Gasteiger charge is -2.32. The molecular weight excluding hydrogens is 264 g/mol. The van der Waals surface area contributed by atoms with Gasteiger partial charge in [-0.15, -0.1) is 0 Å². The number of anilines is 1. The minimum Gasteiger partial charge on any atom is -0.481 e. The zero-order valence-electron chi connectivity index (χ0n) is 13.1. The van der Waals surface area contributed by atoms with Gasteiger partial charge in [-0.2, -0.15) is 0 Å². The SMILES string of the molecule is CC1CCN(c2cccc(CN(C)CCC(=O)O)c2)CC1. The van der Waals surface area contributed by atoms with E-state index in [1.165, 1.54) is 24.1 Å². The van der Waals surface area contributed by atoms with Crippen LogP contribution in [0.15, 0.2) is 24.3 Å². The largest absolute Gasteiger partial charge is 0.481 e. The number of hydrogen-bond acceptors (Lipinski definition) is 3. The molecule has 1 aliphatic rings. The summed E-state index contributed by atoms with van der Waals surface area (Å²) in [6.07, 6.45) is 2.73. The predicted molar refractivity (Wildman–Crippen MR) is 85.6 cm³/mol. The molecule has 21 heavy (non-hydrogen) atoms. The van der Waals surface area contributed by atoms with Crippen LogP contribution in [0.4, 0.5) is 5.69 Å². The highest BCUT2D eigenvalue weighted by molar-refractivity contribution is 5.66. The quantitative estimate of drug-likeness (QED) is 0.875. The third-order valence-corrected chi connectivity index (χ3v) is 4.22. The number of aliphatic carboxylic acids is 1. The van der Waals surface area contributed by atoms with Crippen LogP contribution in [-0.2, 0) is 11.3 Å². The monoisotopic (exact) mass is 290 g/mol. The lowest BCUT2D eigenvalue weighted by molar-refractivity contribution is -0.137. The summed E-state index contributed by atoms with van der Waals surface area (Å²) in [5.41, 5.74) is 2.55. The van der Waals surface area contributed by atoms with E-state index in [2.05, 4.69) is 41.0 Å². The molecule has 1 aromatic rings. The van der Waals surface area contributed by atoms with Crippen molar-refractivity contribution in [3.63, 3.8) is 0 Å². The van der Waals surface area contributed by atoms with E-state index in [9.17, 15) is 4.79 Å². The molecule has 116 valence electrons. The maximum absolute atomic E-state index is 10.6. The van der Waals surface area contributed by atoms with Crippen LogP contribution in [0.5, 0.6) is 0 Å². The Bertz CT molecular complexity index is 468. The van der Waals surface area contributed by atoms with Crippen molar-refractivity contribution >= 4 is 11.7 Å². The van der Waals surface area contributed by atoms with Gasteiger partial charge in [0.15, 0.2) is 0 Å². The number of hydrogen-bond donors (Lipinski definition) is 1. The Morgan fingerprint density at radius 1 is 1.38 bits per heavy atom. The predicted octanol–water partition coefficient (Wildman–Crippen LogP) is 2.83. The first-order chi connectivity index (χ1) is 10.0. The smallest absolute Gasteiger partial charge is 0.304 e. The lowest BCUT2D eigenvalue weighted by Crippen LogP contribution is -2.32. The molecule has 0 unspecified atom stereocenters. The van der Waals surface area contributed by atoms with Gasteiger partial charge in [-0.1, -0.05) is 19.1 Å². The van der Waals surface area contributed by atoms with Gasteiger partial charge in [0.25, 0.3) is 0 Å². The van der Waals surface area contributed by atoms with Gasteiger partial charge < -0.3 is 14.9 Å². The molecule has 0 aromatic heterocycles. The van der Waals surface area contributed by atoms with Crippen molar-refractivity contribution in [2.24, 2.45) is 5.92 Å². The summed E-state index contributed by atoms with van der Waals surface area (Å²) < 4.78 is 0. The number of benzene rings is 1. The first-order valence-corrected chi connectivity index (χ1v) is 7.79. The molecule has 0 radical (unpaired) electrons. The second-order valence-corrected chi connectivity index (χ2v) is 6.22. The second-order valence-electron chi connectivity index (χ2n) is 6.22. The number of carbonyl (C=O) groups is 1. The van der Waals surface area contributed by atoms with Crippen molar-refractivity contribution in [1.82, 2.24) is 4.90 Å². The van der Waals surface area contributed by atoms with E-state index in [1.54, 1.807) is 0 Å². The van der Waals surface area contributed by atoms with Gasteiger partial charge in [0.05, 0.1) is 6.42 Å². The first-order valence-electron chi connectivity index (χ1n) is 7.79. The van der Waals surface area contributed by atoms with Crippen LogP contribution >= 0.6 is 0 Å². The van der Waals surface area contributed by atoms with Crippen LogP contribution in [0.25, 0.3) is 0 Å². The molecule has 4 heteroatoms. The zero-order chi connectivity index (χ0) is 15.2. The number of carboxylic acid groups (broad SMARTS) is 1. The maximum Gasteiger partial charge on any atom is 0.304 e. The van der Waals surface area contributed by atoms with E-state index in [0.717, 1.165) is 25.6 Å². The first kappa shape index (κ1) is 15.8. The van der Waals surface area contributed by atoms with E-state index < -0.39 is 5.97 Å². The van der Waals surface area contributed by atoms with Gasteiger partial charge >= 0.3 is 5.97 Å². The van der Waals surface area contributed by atoms with Gasteiger partial charge in [-0.3, -0.25) is 4.79 Å². The van der Waals surface area contributed by atoms with Crippen molar-refractivity contribution < 1.29 is 9.90 Å². The highest BCUT2D eigenvalue weighted by Gasteiger charge is 2.16. The molecule has 1 aromatic carbocycles. The van der Waals surface area contributed by atoms with Crippen molar-refractivity contribution in [3.8, 4) is 0 Å². The van der Waals surface area contributed by atoms with Gasteiger partial charge in [0, 0.05) is 31.9 Å². The van der Waals surface area contributed by atoms with E-state index >= 15 is 0 Å². The fourth-order valence-corrected chi connectivity index (χ4v) is 2.80. The summed E-state index contributed by atoms with van der Waals surface area (Å²) in [6.45, 7) is 5.98. The number of nitrogens with zero attached hydrogens (tertiary/aromatic N) is 2. The summed E-state index contributed by atoms with van der Waals surface area (Å²) >= 11 is 0. The molecular formula is C17H26N2O2. The highest BCUT2D eigenvalue weighted by Crippen LogP contribution is 2.24. The molecule has 0 amide bonds. The molecule has 4 nitrogen and oxygen atoms in total. The summed E-state index contributed by atoms with van der Waals surface area (Å²) in [6, 6.07) is 8.64. The molecule has 1 fully saturated rings. The van der Waals surface area contributed by atoms with Gasteiger partial charge in [-0.25, -0.2) is 0 Å². The Morgan fingerprint density at radius 2 is 2.10 bits per heavy atom. The van der Waals surface area contributed by atoms with E-state index in [0.29, 0.717) is 6.54 Å². The average Bonchev–Trinajstić information content (AvgIpc) is 2.46. The maximum atomic E-state index is 10.6. The minimum atomic E-state index is -0.738. The standard InChI is InChI=1S/C17H26N2O2/c1-14-6-10-19(11-7-14)16-5-3-4-15(12-16)13-18(2)9-8-17(20)21/h3-5,12,14H,6-11,13H2,1-2H3,(H,20,21). The zero-order valence-corrected chi connectivity index (χ0v) is 13.1. The third-order valence-electron chi connectivity index (χ3n) is 4.22. The number of carboxylic acids is 1. The van der Waals surface area contributed by atoms with Crippen LogP contribution < -0.4 is 4.90 Å². The molecule has 0 aliphatic carbocycles. The van der Waals surface area contributed by atoms with Gasteiger partial charge in [-0.05, 0) is 43.5 Å². The van der Waals surface area contributed by atoms with Crippen LogP contribution in [0.1, 0.15) is 31.7 Å². The molecule has 1 N–H and O–H groups in total. The van der Waals surface area contributed by atoms with E-state index in [4.69, 9.17) is 5.11 Å². The van der Waals surface area contributed by atoms with E-state index in [1.807, 2.05) is 7.05 Å². The molecule has 2 rings (SSSR count). The molecule has 0 saturated carbocycles. The Morgan fingerprint density at radius 3 is 2.76 bits per heavy atom. The van der Waals surface area contributed by atoms with Gasteiger partial charge in [0.2, 0.25) is 0 Å². The van der Waals surface area contributed by atoms with E-state index in [-0.39, 0.29) is 6.42 Å². The Kier molecular flexibility index (Phi) is 5.62. The minimum absolute atomic E-state index is 0.195. The fourth-order valence-electron chi connectivity index (χ4n) is 2.80. The van der Waals surface area contributed by atoms with Gasteiger partial charge in [0.1, 0.15) is 0 Å². The molecule has 0 atom stereocenters. The summed E-state index contributed by atoms with van der Waals surface area (Å²) in [5, 5.41) is 8.73. The van der Waals surface area contributed by atoms with Crippen LogP contribution in [0.3, 0.4) is 0 Å². The highest BCUT2D eigenvalue weighted by atomic mass is 16.4. The number of rotatable bonds is 6. The Labute approximate surface area is 127 Å². The molecule has 0 bridgehead atoms. The molecule has 1 heterocycles. The third kappa shape index (κ3) is 5.05. The van der Waals surface area contributed by atoms with Crippen molar-refractivity contribution in [2.75, 3.05) is 31.6 Å². The topological polar surface area (TPSA) is 43.8 Å². The van der Waals surface area contributed by atoms with Crippen molar-refractivity contribution in [1.29, 1.82) is 0 Å². The van der Waals surface area contributed by atoms with Crippen LogP contribution in [0.2, 0.25) is 0 Å². The van der Waals surface area contributed by atoms with Crippen LogP contribution in [0, 0.1) is 5.92 Å². The fraction of sp³-hybridized carbons (Fsp3) is 0.588. The Balaban J connectivity index is 1.92. The Hall–Kier alpha value is -1.55. The normalized spacial score (nSPS) is 16.4. The molecule has 0 spiro atoms. The molecule has 1 aliphatic heterocycles. The summed E-state index contributed by atoms with van der Waals surface area (Å²) in [5.74, 6) is 0.102. The lowest BCUT2D eigenvalue weighted by atomic mass is 9.98. The number of piperidine rings is 1. The summed E-state index contributed by atoms with van der Waals surface area (Å²) in [4.78, 5) is 15.1. The van der Waals surface area contributed by atoms with Crippen molar-refractivity contribution in [2.45, 2.75) is 32.7 Å². The van der Waals surface area contributed by atoms with Crippen molar-refractivity contribution in [3.05, 3.63) is 29.8 Å². The molecule has 1 saturated heterocycles. The van der Waals surface area contributed by atoms with Crippen LogP contribution in [-0.4, -0.2) is 42.7 Å². The average molecular weight is 290 g/mol. The second kappa shape index (κ2) is 7.46. The summed E-state index contributed by atoms with van der Waals surface area (Å²) in [7, 11) is 1.97.